The van der Waals surface area contributed by atoms with E-state index < -0.39 is 0 Å². The molecule has 2 N–H and O–H groups in total. The number of halogens is 1. The van der Waals surface area contributed by atoms with Gasteiger partial charge in [0.05, 0.1) is 0 Å². The molecular formula is C12H10ClNS. The van der Waals surface area contributed by atoms with Crippen LogP contribution in [-0.2, 0) is 0 Å². The standard InChI is InChI=1S/C12H10ClNS/c13-12-4-2-1-3-11(12)9-5-7-10(15-14)8-6-9/h1-8H,14H2. The summed E-state index contributed by atoms with van der Waals surface area (Å²) in [5.74, 6) is 0. The van der Waals surface area contributed by atoms with Crippen molar-refractivity contribution >= 4 is 23.5 Å². The molecule has 0 aliphatic carbocycles. The highest BCUT2D eigenvalue weighted by Crippen LogP contribution is 2.28. The molecule has 0 bridgehead atoms. The van der Waals surface area contributed by atoms with Gasteiger partial charge in [-0.05, 0) is 35.7 Å². The van der Waals surface area contributed by atoms with Crippen molar-refractivity contribution in [3.8, 4) is 11.1 Å². The predicted molar refractivity (Wildman–Crippen MR) is 66.9 cm³/mol. The molecule has 0 saturated heterocycles. The van der Waals surface area contributed by atoms with Gasteiger partial charge in [0.15, 0.2) is 0 Å². The summed E-state index contributed by atoms with van der Waals surface area (Å²) in [7, 11) is 0. The Hall–Kier alpha value is -0.960. The minimum atomic E-state index is 0.769. The summed E-state index contributed by atoms with van der Waals surface area (Å²) in [4.78, 5) is 1.05. The van der Waals surface area contributed by atoms with E-state index in [1.807, 2.05) is 48.5 Å². The van der Waals surface area contributed by atoms with Crippen LogP contribution in [0.5, 0.6) is 0 Å². The largest absolute Gasteiger partial charge is 0.274 e. The molecule has 0 spiro atoms. The van der Waals surface area contributed by atoms with Crippen LogP contribution in [0.1, 0.15) is 0 Å². The third-order valence-corrected chi connectivity index (χ3v) is 3.05. The van der Waals surface area contributed by atoms with Crippen LogP contribution >= 0.6 is 23.5 Å². The smallest absolute Gasteiger partial charge is 0.0484 e. The summed E-state index contributed by atoms with van der Waals surface area (Å²) in [5, 5.41) is 6.23. The first kappa shape index (κ1) is 10.6. The molecule has 15 heavy (non-hydrogen) atoms. The van der Waals surface area contributed by atoms with Gasteiger partial charge in [-0.15, -0.1) is 0 Å². The first-order valence-electron chi connectivity index (χ1n) is 4.53. The zero-order chi connectivity index (χ0) is 10.7. The van der Waals surface area contributed by atoms with E-state index in [2.05, 4.69) is 0 Å². The van der Waals surface area contributed by atoms with Gasteiger partial charge in [0.1, 0.15) is 0 Å². The topological polar surface area (TPSA) is 26.0 Å². The Morgan fingerprint density at radius 3 is 2.20 bits per heavy atom. The molecule has 0 amide bonds. The van der Waals surface area contributed by atoms with E-state index >= 15 is 0 Å². The quantitative estimate of drug-likeness (QED) is 0.797. The minimum absolute atomic E-state index is 0.769. The zero-order valence-corrected chi connectivity index (χ0v) is 9.55. The van der Waals surface area contributed by atoms with E-state index in [9.17, 15) is 0 Å². The van der Waals surface area contributed by atoms with Crippen LogP contribution in [0, 0.1) is 0 Å². The second-order valence-corrected chi connectivity index (χ2v) is 4.24. The highest BCUT2D eigenvalue weighted by atomic mass is 35.5. The van der Waals surface area contributed by atoms with Crippen molar-refractivity contribution in [2.45, 2.75) is 4.90 Å². The van der Waals surface area contributed by atoms with Crippen LogP contribution < -0.4 is 5.14 Å². The molecule has 76 valence electrons. The lowest BCUT2D eigenvalue weighted by molar-refractivity contribution is 1.45. The number of hydrogen-bond acceptors (Lipinski definition) is 2. The van der Waals surface area contributed by atoms with Gasteiger partial charge in [0.2, 0.25) is 0 Å². The lowest BCUT2D eigenvalue weighted by atomic mass is 10.1. The average Bonchev–Trinajstić information content (AvgIpc) is 2.30. The van der Waals surface area contributed by atoms with E-state index in [0.717, 1.165) is 21.0 Å². The van der Waals surface area contributed by atoms with Crippen LogP contribution in [0.3, 0.4) is 0 Å². The monoisotopic (exact) mass is 235 g/mol. The van der Waals surface area contributed by atoms with Crippen LogP contribution in [-0.4, -0.2) is 0 Å². The molecule has 0 unspecified atom stereocenters. The molecule has 0 saturated carbocycles. The highest BCUT2D eigenvalue weighted by Gasteiger charge is 2.01. The van der Waals surface area contributed by atoms with Crippen LogP contribution in [0.15, 0.2) is 53.4 Å². The third-order valence-electron chi connectivity index (χ3n) is 2.18. The Balaban J connectivity index is 2.42. The molecule has 2 rings (SSSR count). The van der Waals surface area contributed by atoms with Crippen molar-refractivity contribution in [1.82, 2.24) is 0 Å². The van der Waals surface area contributed by atoms with E-state index in [0.29, 0.717) is 0 Å². The summed E-state index contributed by atoms with van der Waals surface area (Å²) in [6.07, 6.45) is 0. The Labute approximate surface area is 98.4 Å². The molecular weight excluding hydrogens is 226 g/mol. The van der Waals surface area contributed by atoms with Gasteiger partial charge in [-0.2, -0.15) is 0 Å². The van der Waals surface area contributed by atoms with Gasteiger partial charge in [0.25, 0.3) is 0 Å². The van der Waals surface area contributed by atoms with Crippen molar-refractivity contribution in [1.29, 1.82) is 0 Å². The van der Waals surface area contributed by atoms with Crippen molar-refractivity contribution in [2.75, 3.05) is 0 Å². The van der Waals surface area contributed by atoms with Gasteiger partial charge >= 0.3 is 0 Å². The zero-order valence-electron chi connectivity index (χ0n) is 7.98. The Morgan fingerprint density at radius 1 is 0.933 bits per heavy atom. The molecule has 2 aromatic carbocycles. The first-order valence-corrected chi connectivity index (χ1v) is 5.79. The summed E-state index contributed by atoms with van der Waals surface area (Å²) >= 11 is 7.35. The molecule has 0 fully saturated rings. The van der Waals surface area contributed by atoms with Crippen molar-refractivity contribution in [3.05, 3.63) is 53.6 Å². The fraction of sp³-hybridized carbons (Fsp3) is 0. The molecule has 0 aliphatic rings. The summed E-state index contributed by atoms with van der Waals surface area (Å²) in [5.41, 5.74) is 2.16. The molecule has 0 radical (unpaired) electrons. The maximum atomic E-state index is 6.10. The van der Waals surface area contributed by atoms with Gasteiger partial charge in [-0.3, -0.25) is 5.14 Å². The lowest BCUT2D eigenvalue weighted by Gasteiger charge is -2.04. The fourth-order valence-electron chi connectivity index (χ4n) is 1.41. The highest BCUT2D eigenvalue weighted by molar-refractivity contribution is 7.97. The number of benzene rings is 2. The minimum Gasteiger partial charge on any atom is -0.274 e. The Morgan fingerprint density at radius 2 is 1.60 bits per heavy atom. The normalized spacial score (nSPS) is 10.3. The average molecular weight is 236 g/mol. The molecule has 0 heterocycles. The van der Waals surface area contributed by atoms with Crippen molar-refractivity contribution in [3.63, 3.8) is 0 Å². The fourth-order valence-corrected chi connectivity index (χ4v) is 1.95. The van der Waals surface area contributed by atoms with E-state index in [4.69, 9.17) is 16.7 Å². The Bertz CT molecular complexity index is 453. The molecule has 1 nitrogen and oxygen atoms in total. The summed E-state index contributed by atoms with van der Waals surface area (Å²) in [6.45, 7) is 0. The first-order chi connectivity index (χ1) is 7.31. The van der Waals surface area contributed by atoms with Crippen molar-refractivity contribution < 1.29 is 0 Å². The van der Waals surface area contributed by atoms with E-state index in [-0.39, 0.29) is 0 Å². The maximum absolute atomic E-state index is 6.10. The second kappa shape index (κ2) is 4.71. The Kier molecular flexibility index (Phi) is 3.31. The second-order valence-electron chi connectivity index (χ2n) is 3.12. The third kappa shape index (κ3) is 2.34. The molecule has 0 atom stereocenters. The summed E-state index contributed by atoms with van der Waals surface area (Å²) < 4.78 is 0. The number of rotatable bonds is 2. The van der Waals surface area contributed by atoms with Crippen LogP contribution in [0.2, 0.25) is 5.02 Å². The predicted octanol–water partition coefficient (Wildman–Crippen LogP) is 3.97. The maximum Gasteiger partial charge on any atom is 0.0484 e. The van der Waals surface area contributed by atoms with Gasteiger partial charge in [0, 0.05) is 15.5 Å². The molecule has 3 heteroatoms. The van der Waals surface area contributed by atoms with Gasteiger partial charge in [-0.25, -0.2) is 0 Å². The summed E-state index contributed by atoms with van der Waals surface area (Å²) in [6, 6.07) is 15.8. The molecule has 0 aromatic heterocycles. The molecule has 2 aromatic rings. The van der Waals surface area contributed by atoms with Crippen LogP contribution in [0.4, 0.5) is 0 Å². The van der Waals surface area contributed by atoms with E-state index in [1.165, 1.54) is 11.9 Å². The van der Waals surface area contributed by atoms with Gasteiger partial charge < -0.3 is 0 Å². The van der Waals surface area contributed by atoms with Gasteiger partial charge in [-0.1, -0.05) is 41.9 Å². The van der Waals surface area contributed by atoms with E-state index in [1.54, 1.807) is 0 Å². The molecule has 0 aliphatic heterocycles. The number of hydrogen-bond donors (Lipinski definition) is 1. The lowest BCUT2D eigenvalue weighted by Crippen LogP contribution is -1.81. The van der Waals surface area contributed by atoms with Crippen molar-refractivity contribution in [2.24, 2.45) is 5.14 Å². The SMILES string of the molecule is NSc1ccc(-c2ccccc2Cl)cc1. The number of nitrogens with two attached hydrogens (primary N) is 1. The van der Waals surface area contributed by atoms with Crippen LogP contribution in [0.25, 0.3) is 11.1 Å².